The second-order valence-corrected chi connectivity index (χ2v) is 6.97. The van der Waals surface area contributed by atoms with E-state index in [1.165, 1.54) is 6.92 Å². The molecule has 0 unspecified atom stereocenters. The van der Waals surface area contributed by atoms with E-state index in [2.05, 4.69) is 12.2 Å². The number of hydrogen-bond acceptors (Lipinski definition) is 3. The van der Waals surface area contributed by atoms with Crippen molar-refractivity contribution in [3.63, 3.8) is 0 Å². The summed E-state index contributed by atoms with van der Waals surface area (Å²) in [4.78, 5) is 26.2. The third-order valence-electron chi connectivity index (χ3n) is 4.68. The summed E-state index contributed by atoms with van der Waals surface area (Å²) < 4.78 is 5.69. The van der Waals surface area contributed by atoms with Gasteiger partial charge >= 0.3 is 0 Å². The summed E-state index contributed by atoms with van der Waals surface area (Å²) in [5.74, 6) is 0.525. The van der Waals surface area contributed by atoms with E-state index in [9.17, 15) is 9.59 Å². The van der Waals surface area contributed by atoms with Gasteiger partial charge in [0.05, 0.1) is 13.2 Å². The zero-order chi connectivity index (χ0) is 19.4. The van der Waals surface area contributed by atoms with E-state index in [1.807, 2.05) is 49.4 Å². The van der Waals surface area contributed by atoms with Crippen LogP contribution >= 0.6 is 0 Å². The third kappa shape index (κ3) is 4.30. The van der Waals surface area contributed by atoms with Gasteiger partial charge in [-0.25, -0.2) is 0 Å². The molecule has 1 N–H and O–H groups in total. The number of hydrogen-bond donors (Lipinski definition) is 1. The van der Waals surface area contributed by atoms with Crippen molar-refractivity contribution in [2.24, 2.45) is 0 Å². The number of amides is 2. The first-order chi connectivity index (χ1) is 13.0. The molecule has 27 heavy (non-hydrogen) atoms. The molecular formula is C22H26N2O3. The Bertz CT molecular complexity index is 830. The monoisotopic (exact) mass is 366 g/mol. The highest BCUT2D eigenvalue weighted by atomic mass is 16.5. The molecule has 0 saturated carbocycles. The molecule has 0 aromatic heterocycles. The molecule has 1 heterocycles. The number of fused-ring (bicyclic) bond motifs is 1. The van der Waals surface area contributed by atoms with Crippen LogP contribution in [0.15, 0.2) is 42.5 Å². The average molecular weight is 366 g/mol. The summed E-state index contributed by atoms with van der Waals surface area (Å²) in [5.41, 5.74) is 3.79. The van der Waals surface area contributed by atoms with Crippen LogP contribution in [0.5, 0.6) is 5.75 Å². The van der Waals surface area contributed by atoms with Crippen LogP contribution in [0.4, 0.5) is 5.69 Å². The molecule has 3 rings (SSSR count). The number of benzene rings is 2. The summed E-state index contributed by atoms with van der Waals surface area (Å²) in [6, 6.07) is 13.1. The minimum absolute atomic E-state index is 0.103. The van der Waals surface area contributed by atoms with Crippen molar-refractivity contribution in [3.05, 3.63) is 59.2 Å². The molecule has 5 nitrogen and oxygen atoms in total. The van der Waals surface area contributed by atoms with Crippen molar-refractivity contribution < 1.29 is 14.3 Å². The van der Waals surface area contributed by atoms with Crippen LogP contribution in [0, 0.1) is 6.92 Å². The highest BCUT2D eigenvalue weighted by molar-refractivity contribution is 6.06. The van der Waals surface area contributed by atoms with Gasteiger partial charge in [0.15, 0.2) is 0 Å². The van der Waals surface area contributed by atoms with E-state index in [1.54, 1.807) is 4.90 Å². The zero-order valence-electron chi connectivity index (χ0n) is 16.1. The van der Waals surface area contributed by atoms with Crippen LogP contribution in [-0.2, 0) is 16.1 Å². The van der Waals surface area contributed by atoms with Crippen LogP contribution in [0.3, 0.4) is 0 Å². The number of carbonyl (C=O) groups excluding carboxylic acids is 2. The summed E-state index contributed by atoms with van der Waals surface area (Å²) in [7, 11) is 0. The predicted octanol–water partition coefficient (Wildman–Crippen LogP) is 3.90. The number of unbranched alkanes of at least 4 members (excludes halogenated alkanes) is 1. The quantitative estimate of drug-likeness (QED) is 0.756. The molecule has 0 spiro atoms. The highest BCUT2D eigenvalue weighted by Crippen LogP contribution is 2.37. The van der Waals surface area contributed by atoms with Crippen molar-refractivity contribution in [1.29, 1.82) is 0 Å². The predicted molar refractivity (Wildman–Crippen MR) is 106 cm³/mol. The first-order valence-corrected chi connectivity index (χ1v) is 9.40. The maximum absolute atomic E-state index is 12.9. The summed E-state index contributed by atoms with van der Waals surface area (Å²) >= 11 is 0. The molecule has 142 valence electrons. The Labute approximate surface area is 160 Å². The van der Waals surface area contributed by atoms with Gasteiger partial charge in [-0.3, -0.25) is 9.59 Å². The number of ether oxygens (including phenoxy) is 1. The van der Waals surface area contributed by atoms with Crippen molar-refractivity contribution in [2.75, 3.05) is 11.5 Å². The normalized spacial score (nSPS) is 15.6. The smallest absolute Gasteiger partial charge is 0.254 e. The molecule has 1 aliphatic heterocycles. The van der Waals surface area contributed by atoms with Crippen molar-refractivity contribution in [3.8, 4) is 5.75 Å². The van der Waals surface area contributed by atoms with Gasteiger partial charge in [0.2, 0.25) is 5.91 Å². The van der Waals surface area contributed by atoms with Crippen LogP contribution in [0.25, 0.3) is 0 Å². The van der Waals surface area contributed by atoms with Gasteiger partial charge in [-0.05, 0) is 37.1 Å². The van der Waals surface area contributed by atoms with Gasteiger partial charge in [0, 0.05) is 18.2 Å². The second kappa shape index (κ2) is 8.25. The largest absolute Gasteiger partial charge is 0.494 e. The number of nitrogens with zero attached hydrogens (tertiary/aromatic N) is 1. The number of anilines is 1. The summed E-state index contributed by atoms with van der Waals surface area (Å²) in [6.07, 6.45) is 2.13. The Balaban J connectivity index is 1.78. The van der Waals surface area contributed by atoms with Crippen molar-refractivity contribution in [2.45, 2.75) is 46.2 Å². The third-order valence-corrected chi connectivity index (χ3v) is 4.68. The van der Waals surface area contributed by atoms with Crippen LogP contribution in [-0.4, -0.2) is 18.4 Å². The Morgan fingerprint density at radius 2 is 1.93 bits per heavy atom. The molecule has 2 amide bonds. The minimum atomic E-state index is -0.617. The maximum Gasteiger partial charge on any atom is 0.254 e. The molecule has 0 bridgehead atoms. The number of rotatable bonds is 7. The fraction of sp³-hybridized carbons (Fsp3) is 0.364. The van der Waals surface area contributed by atoms with Gasteiger partial charge in [0.1, 0.15) is 11.8 Å². The van der Waals surface area contributed by atoms with Crippen LogP contribution < -0.4 is 15.0 Å². The second-order valence-electron chi connectivity index (χ2n) is 6.97. The molecule has 0 fully saturated rings. The van der Waals surface area contributed by atoms with E-state index in [4.69, 9.17) is 4.74 Å². The van der Waals surface area contributed by atoms with E-state index >= 15 is 0 Å². The topological polar surface area (TPSA) is 58.6 Å². The van der Waals surface area contributed by atoms with Gasteiger partial charge in [-0.15, -0.1) is 0 Å². The number of nitrogens with one attached hydrogen (secondary N) is 1. The first kappa shape index (κ1) is 19.0. The van der Waals surface area contributed by atoms with Crippen LogP contribution in [0.2, 0.25) is 0 Å². The van der Waals surface area contributed by atoms with Gasteiger partial charge in [-0.2, -0.15) is 0 Å². The van der Waals surface area contributed by atoms with Crippen molar-refractivity contribution >= 4 is 17.5 Å². The van der Waals surface area contributed by atoms with Gasteiger partial charge in [0.25, 0.3) is 5.91 Å². The fourth-order valence-electron chi connectivity index (χ4n) is 3.27. The number of aryl methyl sites for hydroxylation is 1. The SMILES string of the molecule is CCCCOc1ccc(CN2C(=O)[C@H](NC(C)=O)c3cc(C)ccc32)cc1. The molecule has 0 aliphatic carbocycles. The maximum atomic E-state index is 12.9. The standard InChI is InChI=1S/C22H26N2O3/c1-4-5-12-27-18-9-7-17(8-10-18)14-24-20-11-6-15(2)13-19(20)21(22(24)26)23-16(3)25/h6-11,13,21H,4-5,12,14H2,1-3H3,(H,23,25)/t21-/m1/s1. The Morgan fingerprint density at radius 1 is 1.19 bits per heavy atom. The summed E-state index contributed by atoms with van der Waals surface area (Å²) in [5, 5.41) is 2.78. The van der Waals surface area contributed by atoms with E-state index < -0.39 is 6.04 Å². The molecule has 0 saturated heterocycles. The summed E-state index contributed by atoms with van der Waals surface area (Å²) in [6.45, 7) is 6.72. The Hall–Kier alpha value is -2.82. The van der Waals surface area contributed by atoms with E-state index in [0.717, 1.165) is 41.0 Å². The van der Waals surface area contributed by atoms with Crippen molar-refractivity contribution in [1.82, 2.24) is 5.32 Å². The highest BCUT2D eigenvalue weighted by Gasteiger charge is 2.37. The Morgan fingerprint density at radius 3 is 2.59 bits per heavy atom. The minimum Gasteiger partial charge on any atom is -0.494 e. The molecule has 5 heteroatoms. The molecule has 0 radical (unpaired) electrons. The lowest BCUT2D eigenvalue weighted by Gasteiger charge is -2.18. The van der Waals surface area contributed by atoms with Gasteiger partial charge < -0.3 is 15.0 Å². The molecular weight excluding hydrogens is 340 g/mol. The fourth-order valence-corrected chi connectivity index (χ4v) is 3.27. The lowest BCUT2D eigenvalue weighted by molar-refractivity contribution is -0.126. The van der Waals surface area contributed by atoms with E-state index in [0.29, 0.717) is 13.2 Å². The molecule has 1 aliphatic rings. The molecule has 2 aromatic rings. The van der Waals surface area contributed by atoms with E-state index in [-0.39, 0.29) is 11.8 Å². The lowest BCUT2D eigenvalue weighted by Crippen LogP contribution is -2.36. The average Bonchev–Trinajstić information content (AvgIpc) is 2.88. The number of carbonyl (C=O) groups is 2. The first-order valence-electron chi connectivity index (χ1n) is 9.40. The molecule has 2 aromatic carbocycles. The van der Waals surface area contributed by atoms with Crippen LogP contribution in [0.1, 0.15) is 49.4 Å². The lowest BCUT2D eigenvalue weighted by atomic mass is 10.1. The zero-order valence-corrected chi connectivity index (χ0v) is 16.1. The van der Waals surface area contributed by atoms with Gasteiger partial charge in [-0.1, -0.05) is 43.2 Å². The Kier molecular flexibility index (Phi) is 5.79. The molecule has 1 atom stereocenters.